The number of hydrogen-bond donors (Lipinski definition) is 0. The van der Waals surface area contributed by atoms with E-state index >= 15 is 0 Å². The molecule has 0 aromatic carbocycles. The summed E-state index contributed by atoms with van der Waals surface area (Å²) in [4.78, 5) is 6.60. The molecule has 1 unspecified atom stereocenters. The summed E-state index contributed by atoms with van der Waals surface area (Å²) in [5.41, 5.74) is 0. The van der Waals surface area contributed by atoms with E-state index in [1.807, 2.05) is 4.90 Å². The van der Waals surface area contributed by atoms with Crippen molar-refractivity contribution in [3.8, 4) is 0 Å². The van der Waals surface area contributed by atoms with Gasteiger partial charge in [-0.15, -0.1) is 0 Å². The molecule has 2 heterocycles. The van der Waals surface area contributed by atoms with Gasteiger partial charge in [-0.2, -0.15) is 0 Å². The topological polar surface area (TPSA) is 16.1 Å². The van der Waals surface area contributed by atoms with Crippen molar-refractivity contribution in [2.45, 2.75) is 24.6 Å². The van der Waals surface area contributed by atoms with E-state index in [0.29, 0.717) is 21.6 Å². The Labute approximate surface area is 114 Å². The fraction of sp³-hybridized carbons (Fsp3) is 0.583. The lowest BCUT2D eigenvalue weighted by atomic mass is 9.94. The highest BCUT2D eigenvalue weighted by Crippen LogP contribution is 2.28. The smallest absolute Gasteiger partial charge is 0.167 e. The van der Waals surface area contributed by atoms with E-state index in [9.17, 15) is 4.39 Å². The summed E-state index contributed by atoms with van der Waals surface area (Å²) in [5, 5.41) is 0.343. The fourth-order valence-electron chi connectivity index (χ4n) is 2.21. The van der Waals surface area contributed by atoms with Crippen LogP contribution in [0, 0.1) is 11.7 Å². The first-order chi connectivity index (χ1) is 8.08. The van der Waals surface area contributed by atoms with Crippen molar-refractivity contribution in [2.24, 2.45) is 5.92 Å². The molecule has 0 bridgehead atoms. The van der Waals surface area contributed by atoms with Gasteiger partial charge in [-0.1, -0.05) is 34.5 Å². The lowest BCUT2D eigenvalue weighted by Crippen LogP contribution is -2.36. The van der Waals surface area contributed by atoms with E-state index in [1.54, 1.807) is 0 Å². The molecule has 2 nitrogen and oxygen atoms in total. The molecular formula is C12H15BrClFN2. The minimum atomic E-state index is -0.331. The van der Waals surface area contributed by atoms with Crippen molar-refractivity contribution in [3.63, 3.8) is 0 Å². The van der Waals surface area contributed by atoms with E-state index < -0.39 is 0 Å². The second kappa shape index (κ2) is 5.53. The summed E-state index contributed by atoms with van der Waals surface area (Å²) < 4.78 is 13.7. The van der Waals surface area contributed by atoms with Gasteiger partial charge in [0.15, 0.2) is 11.6 Å². The molecule has 0 amide bonds. The van der Waals surface area contributed by atoms with E-state index in [2.05, 4.69) is 27.8 Å². The van der Waals surface area contributed by atoms with Gasteiger partial charge in [-0.3, -0.25) is 0 Å². The molecule has 1 aliphatic heterocycles. The first-order valence-electron chi connectivity index (χ1n) is 5.78. The number of rotatable bonds is 2. The molecule has 0 N–H and O–H groups in total. The van der Waals surface area contributed by atoms with Gasteiger partial charge >= 0.3 is 0 Å². The molecule has 0 radical (unpaired) electrons. The van der Waals surface area contributed by atoms with Crippen LogP contribution in [0.15, 0.2) is 12.3 Å². The van der Waals surface area contributed by atoms with Crippen molar-refractivity contribution in [1.29, 1.82) is 0 Å². The number of hydrogen-bond acceptors (Lipinski definition) is 2. The third-order valence-corrected chi connectivity index (χ3v) is 4.23. The SMILES string of the molecule is CC(Br)C1CCN(c2ncc(Cl)cc2F)CC1. The van der Waals surface area contributed by atoms with Crippen molar-refractivity contribution in [2.75, 3.05) is 18.0 Å². The average molecular weight is 322 g/mol. The standard InChI is InChI=1S/C12H15BrClFN2/c1-8(13)9-2-4-17(5-3-9)12-11(15)6-10(14)7-16-12/h6-9H,2-5H2,1H3. The largest absolute Gasteiger partial charge is 0.354 e. The summed E-state index contributed by atoms with van der Waals surface area (Å²) in [5.74, 6) is 0.763. The molecule has 1 aliphatic rings. The molecule has 1 aromatic rings. The maximum Gasteiger partial charge on any atom is 0.167 e. The number of halogens is 3. The van der Waals surface area contributed by atoms with Gasteiger partial charge in [0.25, 0.3) is 0 Å². The maximum absolute atomic E-state index is 13.7. The quantitative estimate of drug-likeness (QED) is 0.769. The Morgan fingerprint density at radius 3 is 2.71 bits per heavy atom. The van der Waals surface area contributed by atoms with Gasteiger partial charge < -0.3 is 4.90 Å². The molecule has 2 rings (SSSR count). The van der Waals surface area contributed by atoms with Gasteiger partial charge in [0.2, 0.25) is 0 Å². The van der Waals surface area contributed by atoms with Crippen LogP contribution in [-0.2, 0) is 0 Å². The Morgan fingerprint density at radius 1 is 1.53 bits per heavy atom. The van der Waals surface area contributed by atoms with E-state index in [1.165, 1.54) is 12.3 Å². The van der Waals surface area contributed by atoms with Gasteiger partial charge in [-0.25, -0.2) is 9.37 Å². The lowest BCUT2D eigenvalue weighted by molar-refractivity contribution is 0.402. The normalized spacial score (nSPS) is 19.4. The minimum Gasteiger partial charge on any atom is -0.354 e. The van der Waals surface area contributed by atoms with E-state index in [4.69, 9.17) is 11.6 Å². The van der Waals surface area contributed by atoms with Crippen LogP contribution < -0.4 is 4.90 Å². The highest BCUT2D eigenvalue weighted by atomic mass is 79.9. The number of aromatic nitrogens is 1. The van der Waals surface area contributed by atoms with Crippen LogP contribution in [-0.4, -0.2) is 22.9 Å². The van der Waals surface area contributed by atoms with Crippen molar-refractivity contribution >= 4 is 33.3 Å². The summed E-state index contributed by atoms with van der Waals surface area (Å²) in [6.45, 7) is 3.87. The van der Waals surface area contributed by atoms with Crippen LogP contribution in [0.5, 0.6) is 0 Å². The molecule has 1 fully saturated rings. The molecule has 1 aromatic heterocycles. The molecule has 17 heavy (non-hydrogen) atoms. The molecule has 1 atom stereocenters. The zero-order chi connectivity index (χ0) is 12.4. The third-order valence-electron chi connectivity index (χ3n) is 3.28. The van der Waals surface area contributed by atoms with Crippen molar-refractivity contribution in [1.82, 2.24) is 4.98 Å². The maximum atomic E-state index is 13.7. The Hall–Kier alpha value is -0.350. The molecule has 0 saturated carbocycles. The van der Waals surface area contributed by atoms with Crippen LogP contribution >= 0.6 is 27.5 Å². The van der Waals surface area contributed by atoms with E-state index in [-0.39, 0.29) is 5.82 Å². The van der Waals surface area contributed by atoms with Crippen molar-refractivity contribution < 1.29 is 4.39 Å². The summed E-state index contributed by atoms with van der Waals surface area (Å²) in [6.07, 6.45) is 3.63. The molecule has 5 heteroatoms. The fourth-order valence-corrected chi connectivity index (χ4v) is 2.88. The molecule has 1 saturated heterocycles. The predicted molar refractivity (Wildman–Crippen MR) is 72.5 cm³/mol. The first kappa shape index (κ1) is 13.1. The Morgan fingerprint density at radius 2 is 2.18 bits per heavy atom. The molecule has 94 valence electrons. The molecule has 0 spiro atoms. The van der Waals surface area contributed by atoms with E-state index in [0.717, 1.165) is 25.9 Å². The second-order valence-electron chi connectivity index (χ2n) is 4.46. The number of piperidine rings is 1. The van der Waals surface area contributed by atoms with Crippen LogP contribution in [0.1, 0.15) is 19.8 Å². The van der Waals surface area contributed by atoms with Gasteiger partial charge in [-0.05, 0) is 24.8 Å². The van der Waals surface area contributed by atoms with Crippen molar-refractivity contribution in [3.05, 3.63) is 23.1 Å². The summed E-state index contributed by atoms with van der Waals surface area (Å²) in [7, 11) is 0. The van der Waals surface area contributed by atoms with Gasteiger partial charge in [0.1, 0.15) is 0 Å². The third kappa shape index (κ3) is 3.10. The van der Waals surface area contributed by atoms with Crippen LogP contribution in [0.25, 0.3) is 0 Å². The van der Waals surface area contributed by atoms with Crippen LogP contribution in [0.4, 0.5) is 10.2 Å². The summed E-state index contributed by atoms with van der Waals surface area (Å²) in [6, 6.07) is 1.32. The lowest BCUT2D eigenvalue weighted by Gasteiger charge is -2.34. The van der Waals surface area contributed by atoms with Gasteiger partial charge in [0, 0.05) is 24.1 Å². The Bertz CT molecular complexity index is 392. The predicted octanol–water partition coefficient (Wildman–Crippen LogP) is 3.87. The average Bonchev–Trinajstić information content (AvgIpc) is 2.29. The Kier molecular flexibility index (Phi) is 4.26. The highest BCUT2D eigenvalue weighted by molar-refractivity contribution is 9.09. The van der Waals surface area contributed by atoms with Crippen LogP contribution in [0.3, 0.4) is 0 Å². The summed E-state index contributed by atoms with van der Waals surface area (Å²) >= 11 is 9.30. The highest BCUT2D eigenvalue weighted by Gasteiger charge is 2.24. The zero-order valence-corrected chi connectivity index (χ0v) is 12.0. The van der Waals surface area contributed by atoms with Gasteiger partial charge in [0.05, 0.1) is 5.02 Å². The second-order valence-corrected chi connectivity index (χ2v) is 6.34. The number of anilines is 1. The zero-order valence-electron chi connectivity index (χ0n) is 9.67. The molecular weight excluding hydrogens is 307 g/mol. The number of nitrogens with zero attached hydrogens (tertiary/aromatic N) is 2. The van der Waals surface area contributed by atoms with Crippen LogP contribution in [0.2, 0.25) is 5.02 Å². The monoisotopic (exact) mass is 320 g/mol. The number of pyridine rings is 1. The number of alkyl halides is 1. The first-order valence-corrected chi connectivity index (χ1v) is 7.07. The molecule has 0 aliphatic carbocycles. The Balaban J connectivity index is 2.05. The minimum absolute atomic E-state index is 0.331.